The molecule has 14 heavy (non-hydrogen) atoms. The smallest absolute Gasteiger partial charge is 0.125 e. The first-order valence-corrected chi connectivity index (χ1v) is 6.33. The van der Waals surface area contributed by atoms with Crippen LogP contribution in [0.25, 0.3) is 0 Å². The average Bonchev–Trinajstić information content (AvgIpc) is 2.67. The number of nitrogens with zero attached hydrogens (tertiary/aromatic N) is 2. The Bertz CT molecular complexity index is 352. The van der Waals surface area contributed by atoms with Crippen molar-refractivity contribution >= 4 is 33.7 Å². The van der Waals surface area contributed by atoms with Gasteiger partial charge < -0.3 is 5.73 Å². The lowest BCUT2D eigenvalue weighted by Crippen LogP contribution is -1.94. The van der Waals surface area contributed by atoms with E-state index in [2.05, 4.69) is 9.98 Å². The molecule has 0 bridgehead atoms. The summed E-state index contributed by atoms with van der Waals surface area (Å²) >= 11 is 3.56. The molecule has 1 aliphatic rings. The van der Waals surface area contributed by atoms with Crippen molar-refractivity contribution in [2.24, 2.45) is 4.99 Å². The predicted octanol–water partition coefficient (Wildman–Crippen LogP) is 2.00. The molecule has 0 saturated carbocycles. The highest BCUT2D eigenvalue weighted by Crippen LogP contribution is 2.24. The Morgan fingerprint density at radius 1 is 1.50 bits per heavy atom. The molecule has 2 rings (SSSR count). The van der Waals surface area contributed by atoms with Crippen LogP contribution >= 0.6 is 23.5 Å². The van der Waals surface area contributed by atoms with Crippen molar-refractivity contribution in [1.82, 2.24) is 4.98 Å². The van der Waals surface area contributed by atoms with Crippen LogP contribution < -0.4 is 5.73 Å². The first kappa shape index (κ1) is 9.86. The van der Waals surface area contributed by atoms with Gasteiger partial charge in [0.15, 0.2) is 0 Å². The number of hydrogen-bond donors (Lipinski definition) is 1. The molecule has 0 saturated heterocycles. The molecule has 0 amide bonds. The van der Waals surface area contributed by atoms with Crippen LogP contribution in [0.4, 0.5) is 5.82 Å². The molecule has 74 valence electrons. The van der Waals surface area contributed by atoms with Crippen LogP contribution in [0.15, 0.2) is 23.2 Å². The van der Waals surface area contributed by atoms with Crippen molar-refractivity contribution in [2.75, 3.05) is 18.0 Å². The summed E-state index contributed by atoms with van der Waals surface area (Å²) in [5.74, 6) is 2.56. The van der Waals surface area contributed by atoms with Crippen LogP contribution in [-0.4, -0.2) is 21.7 Å². The number of thioether (sulfide) groups is 2. The highest BCUT2D eigenvalue weighted by Gasteiger charge is 2.07. The first-order chi connectivity index (χ1) is 6.84. The van der Waals surface area contributed by atoms with Gasteiger partial charge in [-0.05, 0) is 12.1 Å². The Hall–Kier alpha value is -0.680. The number of pyridine rings is 1. The van der Waals surface area contributed by atoms with Gasteiger partial charge in [0.1, 0.15) is 10.2 Å². The molecule has 0 spiro atoms. The maximum Gasteiger partial charge on any atom is 0.125 e. The minimum absolute atomic E-state index is 0.587. The van der Waals surface area contributed by atoms with Gasteiger partial charge in [-0.1, -0.05) is 29.6 Å². The summed E-state index contributed by atoms with van der Waals surface area (Å²) in [6, 6.07) is 5.72. The Labute approximate surface area is 91.6 Å². The third-order valence-electron chi connectivity index (χ3n) is 1.73. The van der Waals surface area contributed by atoms with Gasteiger partial charge in [-0.15, -0.1) is 0 Å². The fraction of sp³-hybridized carbons (Fsp3) is 0.333. The maximum atomic E-state index is 5.59. The molecule has 1 aliphatic heterocycles. The molecule has 0 fully saturated rings. The molecular formula is C9H11N3S2. The van der Waals surface area contributed by atoms with Crippen molar-refractivity contribution in [3.63, 3.8) is 0 Å². The molecule has 0 unspecified atom stereocenters. The molecular weight excluding hydrogens is 214 g/mol. The Balaban J connectivity index is 1.91. The van der Waals surface area contributed by atoms with E-state index in [0.29, 0.717) is 5.82 Å². The van der Waals surface area contributed by atoms with E-state index in [1.165, 1.54) is 4.38 Å². The molecule has 5 heteroatoms. The van der Waals surface area contributed by atoms with E-state index >= 15 is 0 Å². The average molecular weight is 225 g/mol. The lowest BCUT2D eigenvalue weighted by atomic mass is 10.4. The first-order valence-electron chi connectivity index (χ1n) is 4.36. The SMILES string of the molecule is Nc1cccc(CSC2=NCCS2)n1. The minimum Gasteiger partial charge on any atom is -0.384 e. The number of rotatable bonds is 2. The second-order valence-electron chi connectivity index (χ2n) is 2.84. The van der Waals surface area contributed by atoms with Crippen LogP contribution in [0, 0.1) is 0 Å². The normalized spacial score (nSPS) is 15.6. The summed E-state index contributed by atoms with van der Waals surface area (Å²) in [5, 5.41) is 0. The summed E-state index contributed by atoms with van der Waals surface area (Å²) in [5.41, 5.74) is 6.61. The Kier molecular flexibility index (Phi) is 3.31. The lowest BCUT2D eigenvalue weighted by molar-refractivity contribution is 1.18. The summed E-state index contributed by atoms with van der Waals surface area (Å²) in [6.07, 6.45) is 0. The molecule has 0 aromatic carbocycles. The number of nitrogen functional groups attached to an aromatic ring is 1. The number of anilines is 1. The van der Waals surface area contributed by atoms with Gasteiger partial charge >= 0.3 is 0 Å². The van der Waals surface area contributed by atoms with Gasteiger partial charge in [0.25, 0.3) is 0 Å². The van der Waals surface area contributed by atoms with Crippen LogP contribution in [0.2, 0.25) is 0 Å². The van der Waals surface area contributed by atoms with E-state index in [0.717, 1.165) is 23.7 Å². The van der Waals surface area contributed by atoms with Gasteiger partial charge in [0.05, 0.1) is 12.2 Å². The second kappa shape index (κ2) is 4.70. The standard InChI is InChI=1S/C9H11N3S2/c10-8-3-1-2-7(12-8)6-14-9-11-4-5-13-9/h1-3H,4-6H2,(H2,10,12). The summed E-state index contributed by atoms with van der Waals surface area (Å²) in [6.45, 7) is 0.956. The highest BCUT2D eigenvalue weighted by atomic mass is 32.2. The fourth-order valence-corrected chi connectivity index (χ4v) is 3.03. The van der Waals surface area contributed by atoms with E-state index < -0.39 is 0 Å². The van der Waals surface area contributed by atoms with Gasteiger partial charge in [-0.2, -0.15) is 0 Å². The van der Waals surface area contributed by atoms with Gasteiger partial charge in [0.2, 0.25) is 0 Å². The second-order valence-corrected chi connectivity index (χ2v) is 5.14. The van der Waals surface area contributed by atoms with Crippen molar-refractivity contribution in [1.29, 1.82) is 0 Å². The largest absolute Gasteiger partial charge is 0.384 e. The zero-order valence-corrected chi connectivity index (χ0v) is 9.27. The van der Waals surface area contributed by atoms with E-state index in [9.17, 15) is 0 Å². The summed E-state index contributed by atoms with van der Waals surface area (Å²) in [4.78, 5) is 8.58. The minimum atomic E-state index is 0.587. The molecule has 2 heterocycles. The molecule has 1 aromatic heterocycles. The molecule has 0 atom stereocenters. The van der Waals surface area contributed by atoms with Gasteiger partial charge in [-0.25, -0.2) is 4.98 Å². The Morgan fingerprint density at radius 3 is 3.14 bits per heavy atom. The van der Waals surface area contributed by atoms with Crippen LogP contribution in [0.1, 0.15) is 5.69 Å². The molecule has 2 N–H and O–H groups in total. The molecule has 3 nitrogen and oxygen atoms in total. The topological polar surface area (TPSA) is 51.3 Å². The predicted molar refractivity (Wildman–Crippen MR) is 64.7 cm³/mol. The summed E-state index contributed by atoms with van der Waals surface area (Å²) < 4.78 is 1.18. The van der Waals surface area contributed by atoms with Crippen molar-refractivity contribution in [3.05, 3.63) is 23.9 Å². The van der Waals surface area contributed by atoms with E-state index in [1.807, 2.05) is 23.9 Å². The van der Waals surface area contributed by atoms with Crippen molar-refractivity contribution in [3.8, 4) is 0 Å². The van der Waals surface area contributed by atoms with Crippen molar-refractivity contribution < 1.29 is 0 Å². The fourth-order valence-electron chi connectivity index (χ4n) is 1.12. The molecule has 1 aromatic rings. The molecule has 0 aliphatic carbocycles. The van der Waals surface area contributed by atoms with E-state index in [1.54, 1.807) is 17.8 Å². The lowest BCUT2D eigenvalue weighted by Gasteiger charge is -2.00. The quantitative estimate of drug-likeness (QED) is 0.836. The van der Waals surface area contributed by atoms with Crippen LogP contribution in [-0.2, 0) is 5.75 Å². The number of hydrogen-bond acceptors (Lipinski definition) is 5. The highest BCUT2D eigenvalue weighted by molar-refractivity contribution is 8.38. The Morgan fingerprint density at radius 2 is 2.43 bits per heavy atom. The van der Waals surface area contributed by atoms with Gasteiger partial charge in [0, 0.05) is 11.5 Å². The third-order valence-corrected chi connectivity index (χ3v) is 4.02. The number of aromatic nitrogens is 1. The third kappa shape index (κ3) is 2.65. The van der Waals surface area contributed by atoms with E-state index in [-0.39, 0.29) is 0 Å². The van der Waals surface area contributed by atoms with Crippen LogP contribution in [0.5, 0.6) is 0 Å². The van der Waals surface area contributed by atoms with Crippen molar-refractivity contribution in [2.45, 2.75) is 5.75 Å². The molecule has 0 radical (unpaired) electrons. The summed E-state index contributed by atoms with van der Waals surface area (Å²) in [7, 11) is 0. The monoisotopic (exact) mass is 225 g/mol. The van der Waals surface area contributed by atoms with Crippen LogP contribution in [0.3, 0.4) is 0 Å². The maximum absolute atomic E-state index is 5.59. The number of nitrogens with two attached hydrogens (primary N) is 1. The zero-order valence-electron chi connectivity index (χ0n) is 7.64. The zero-order chi connectivity index (χ0) is 9.80. The van der Waals surface area contributed by atoms with E-state index in [4.69, 9.17) is 5.73 Å². The van der Waals surface area contributed by atoms with Gasteiger partial charge in [-0.3, -0.25) is 4.99 Å². The number of aliphatic imine (C=N–C) groups is 1.